The normalized spacial score (nSPS) is 23.7. The molecule has 2 unspecified atom stereocenters. The Kier molecular flexibility index (Phi) is 3.80. The summed E-state index contributed by atoms with van der Waals surface area (Å²) in [5.41, 5.74) is 1.82. The van der Waals surface area contributed by atoms with Crippen LogP contribution in [0.1, 0.15) is 11.3 Å². The largest absolute Gasteiger partial charge is 0.356 e. The number of hydrogen-bond acceptors (Lipinski definition) is 6. The molecule has 0 amide bonds. The number of hydrogen-bond donors (Lipinski definition) is 0. The lowest BCUT2D eigenvalue weighted by Crippen LogP contribution is -2.30. The minimum atomic E-state index is -0.183. The van der Waals surface area contributed by atoms with Crippen molar-refractivity contribution in [1.29, 1.82) is 0 Å². The van der Waals surface area contributed by atoms with Gasteiger partial charge in [-0.1, -0.05) is 0 Å². The van der Waals surface area contributed by atoms with Gasteiger partial charge in [-0.05, 0) is 24.8 Å². The summed E-state index contributed by atoms with van der Waals surface area (Å²) >= 11 is 0. The summed E-state index contributed by atoms with van der Waals surface area (Å²) in [4.78, 5) is 29.1. The van der Waals surface area contributed by atoms with E-state index in [1.165, 1.54) is 4.57 Å². The molecule has 0 spiro atoms. The lowest BCUT2D eigenvalue weighted by atomic mass is 10.0. The molecule has 2 saturated heterocycles. The molecule has 0 aliphatic carbocycles. The van der Waals surface area contributed by atoms with E-state index in [0.29, 0.717) is 11.8 Å². The van der Waals surface area contributed by atoms with Crippen LogP contribution in [0.4, 0.5) is 5.82 Å². The second-order valence-corrected chi connectivity index (χ2v) is 6.96. The third-order valence-corrected chi connectivity index (χ3v) is 5.15. The minimum Gasteiger partial charge on any atom is -0.356 e. The monoisotopic (exact) mass is 326 g/mol. The zero-order chi connectivity index (χ0) is 16.7. The molecule has 0 N–H and O–H groups in total. The maximum Gasteiger partial charge on any atom is 0.347 e. The number of fused-ring (bicyclic) bond motifs is 1. The Bertz CT molecular complexity index is 790. The number of nitrogens with zero attached hydrogens (tertiary/aromatic N) is 6. The van der Waals surface area contributed by atoms with Crippen molar-refractivity contribution in [2.24, 2.45) is 18.9 Å². The Morgan fingerprint density at radius 3 is 2.62 bits per heavy atom. The van der Waals surface area contributed by atoms with Gasteiger partial charge < -0.3 is 9.47 Å². The molecule has 2 aromatic heterocycles. The molecule has 0 saturated carbocycles. The molecular weight excluding hydrogens is 304 g/mol. The molecule has 4 heterocycles. The van der Waals surface area contributed by atoms with Crippen molar-refractivity contribution in [3.63, 3.8) is 0 Å². The highest BCUT2D eigenvalue weighted by atomic mass is 16.1. The summed E-state index contributed by atoms with van der Waals surface area (Å²) in [6, 6.07) is 1.94. The van der Waals surface area contributed by atoms with Crippen molar-refractivity contribution < 1.29 is 0 Å². The van der Waals surface area contributed by atoms with Crippen molar-refractivity contribution in [2.75, 3.05) is 31.1 Å². The highest BCUT2D eigenvalue weighted by Crippen LogP contribution is 2.34. The van der Waals surface area contributed by atoms with Crippen molar-refractivity contribution in [1.82, 2.24) is 24.4 Å². The first-order valence-electron chi connectivity index (χ1n) is 8.36. The number of aromatic nitrogens is 4. The summed E-state index contributed by atoms with van der Waals surface area (Å²) < 4.78 is 1.50. The van der Waals surface area contributed by atoms with Gasteiger partial charge in [0.25, 0.3) is 0 Å². The van der Waals surface area contributed by atoms with E-state index in [2.05, 4.69) is 31.7 Å². The van der Waals surface area contributed by atoms with Crippen LogP contribution in [0.15, 0.2) is 29.6 Å². The molecule has 2 aromatic rings. The van der Waals surface area contributed by atoms with Crippen molar-refractivity contribution >= 4 is 5.82 Å². The number of aryl methyl sites for hydroxylation is 2. The van der Waals surface area contributed by atoms with Crippen LogP contribution >= 0.6 is 0 Å². The van der Waals surface area contributed by atoms with E-state index in [1.54, 1.807) is 19.6 Å². The summed E-state index contributed by atoms with van der Waals surface area (Å²) in [5.74, 6) is 2.39. The van der Waals surface area contributed by atoms with Gasteiger partial charge >= 0.3 is 5.69 Å². The first-order valence-corrected chi connectivity index (χ1v) is 8.36. The minimum absolute atomic E-state index is 0.183. The van der Waals surface area contributed by atoms with Gasteiger partial charge in [0.15, 0.2) is 0 Å². The molecule has 2 aliphatic heterocycles. The van der Waals surface area contributed by atoms with Crippen LogP contribution in [-0.2, 0) is 13.6 Å². The van der Waals surface area contributed by atoms with Gasteiger partial charge in [0.2, 0.25) is 0 Å². The molecule has 0 aromatic carbocycles. The molecule has 24 heavy (non-hydrogen) atoms. The van der Waals surface area contributed by atoms with Gasteiger partial charge in [-0.25, -0.2) is 14.8 Å². The maximum absolute atomic E-state index is 11.7. The first kappa shape index (κ1) is 15.3. The third-order valence-electron chi connectivity index (χ3n) is 5.15. The van der Waals surface area contributed by atoms with E-state index >= 15 is 0 Å². The summed E-state index contributed by atoms with van der Waals surface area (Å²) in [6.07, 6.45) is 5.30. The van der Waals surface area contributed by atoms with Crippen molar-refractivity contribution in [2.45, 2.75) is 13.5 Å². The fourth-order valence-corrected chi connectivity index (χ4v) is 3.93. The lowest BCUT2D eigenvalue weighted by molar-refractivity contribution is 0.304. The molecule has 0 bridgehead atoms. The summed E-state index contributed by atoms with van der Waals surface area (Å²) in [6.45, 7) is 7.03. The fraction of sp³-hybridized carbons (Fsp3) is 0.529. The van der Waals surface area contributed by atoms with Crippen LogP contribution in [0.2, 0.25) is 0 Å². The number of rotatable bonds is 3. The zero-order valence-electron chi connectivity index (χ0n) is 14.1. The van der Waals surface area contributed by atoms with E-state index in [4.69, 9.17) is 0 Å². The Morgan fingerprint density at radius 2 is 1.96 bits per heavy atom. The van der Waals surface area contributed by atoms with E-state index in [0.717, 1.165) is 49.8 Å². The number of likely N-dealkylation sites (tertiary alicyclic amines) is 1. The molecule has 2 fully saturated rings. The third kappa shape index (κ3) is 2.80. The molecular formula is C17H22N6O. The fourth-order valence-electron chi connectivity index (χ4n) is 3.93. The molecule has 4 rings (SSSR count). The summed E-state index contributed by atoms with van der Waals surface area (Å²) in [7, 11) is 1.73. The Balaban J connectivity index is 1.40. The van der Waals surface area contributed by atoms with Gasteiger partial charge in [-0.2, -0.15) is 4.98 Å². The Hall–Kier alpha value is -2.28. The second kappa shape index (κ2) is 5.98. The average Bonchev–Trinajstić information content (AvgIpc) is 3.09. The van der Waals surface area contributed by atoms with Crippen LogP contribution in [0.25, 0.3) is 0 Å². The molecule has 2 aliphatic rings. The molecule has 2 atom stereocenters. The predicted molar refractivity (Wildman–Crippen MR) is 90.7 cm³/mol. The van der Waals surface area contributed by atoms with Crippen LogP contribution in [0.5, 0.6) is 0 Å². The molecule has 7 nitrogen and oxygen atoms in total. The van der Waals surface area contributed by atoms with Gasteiger partial charge in [0.1, 0.15) is 12.1 Å². The predicted octanol–water partition coefficient (Wildman–Crippen LogP) is 0.447. The highest BCUT2D eigenvalue weighted by Gasteiger charge is 2.40. The van der Waals surface area contributed by atoms with Crippen LogP contribution in [-0.4, -0.2) is 50.6 Å². The topological polar surface area (TPSA) is 67.2 Å². The Morgan fingerprint density at radius 1 is 1.21 bits per heavy atom. The quantitative estimate of drug-likeness (QED) is 0.816. The smallest absolute Gasteiger partial charge is 0.347 e. The van der Waals surface area contributed by atoms with E-state index < -0.39 is 0 Å². The zero-order valence-corrected chi connectivity index (χ0v) is 14.1. The van der Waals surface area contributed by atoms with Crippen LogP contribution in [0.3, 0.4) is 0 Å². The van der Waals surface area contributed by atoms with Gasteiger partial charge in [0, 0.05) is 57.7 Å². The number of anilines is 1. The van der Waals surface area contributed by atoms with Crippen LogP contribution in [0, 0.1) is 18.8 Å². The van der Waals surface area contributed by atoms with Gasteiger partial charge in [-0.15, -0.1) is 0 Å². The van der Waals surface area contributed by atoms with E-state index in [1.807, 2.05) is 12.3 Å². The Labute approximate surface area is 141 Å². The standard InChI is InChI=1S/C17H22N6O/c1-12-5-18-11-19-16(12)23-8-13-6-22(7-14(13)9-23)10-15-3-4-21(2)17(24)20-15/h3-5,11,13-14H,6-10H2,1-2H3. The maximum atomic E-state index is 11.7. The van der Waals surface area contributed by atoms with Crippen molar-refractivity contribution in [3.8, 4) is 0 Å². The first-order chi connectivity index (χ1) is 11.6. The molecule has 7 heteroatoms. The summed E-state index contributed by atoms with van der Waals surface area (Å²) in [5, 5.41) is 0. The highest BCUT2D eigenvalue weighted by molar-refractivity contribution is 5.46. The SMILES string of the molecule is Cc1cncnc1N1CC2CN(Cc3ccn(C)c(=O)n3)CC2C1. The van der Waals surface area contributed by atoms with Gasteiger partial charge in [0.05, 0.1) is 5.69 Å². The lowest BCUT2D eigenvalue weighted by Gasteiger charge is -2.23. The second-order valence-electron chi connectivity index (χ2n) is 6.96. The van der Waals surface area contributed by atoms with E-state index in [-0.39, 0.29) is 5.69 Å². The van der Waals surface area contributed by atoms with Crippen molar-refractivity contribution in [3.05, 3.63) is 46.5 Å². The van der Waals surface area contributed by atoms with Crippen LogP contribution < -0.4 is 10.6 Å². The molecule has 126 valence electrons. The van der Waals surface area contributed by atoms with Gasteiger partial charge in [-0.3, -0.25) is 4.90 Å². The molecule has 0 radical (unpaired) electrons. The average molecular weight is 326 g/mol. The van der Waals surface area contributed by atoms with E-state index in [9.17, 15) is 4.79 Å².